The zero-order valence-corrected chi connectivity index (χ0v) is 12.7. The molecule has 0 aliphatic carbocycles. The second-order valence-corrected chi connectivity index (χ2v) is 5.82. The third-order valence-electron chi connectivity index (χ3n) is 2.96. The van der Waals surface area contributed by atoms with Crippen molar-refractivity contribution in [2.75, 3.05) is 0 Å². The highest BCUT2D eigenvalue weighted by atomic mass is 35.5. The normalized spacial score (nSPS) is 10.7. The number of halogens is 1. The van der Waals surface area contributed by atoms with E-state index >= 15 is 0 Å². The fourth-order valence-electron chi connectivity index (χ4n) is 1.96. The molecule has 0 atom stereocenters. The van der Waals surface area contributed by atoms with Gasteiger partial charge in [0, 0.05) is 28.6 Å². The predicted molar refractivity (Wildman–Crippen MR) is 82.6 cm³/mol. The van der Waals surface area contributed by atoms with E-state index < -0.39 is 0 Å². The van der Waals surface area contributed by atoms with E-state index in [9.17, 15) is 0 Å². The zero-order chi connectivity index (χ0) is 13.8. The van der Waals surface area contributed by atoms with Gasteiger partial charge < -0.3 is 5.73 Å². The summed E-state index contributed by atoms with van der Waals surface area (Å²) in [6.07, 6.45) is 0. The lowest BCUT2D eigenvalue weighted by molar-refractivity contribution is 0.922. The molecule has 0 radical (unpaired) electrons. The number of nitrogens with two attached hydrogens (primary N) is 1. The van der Waals surface area contributed by atoms with Crippen molar-refractivity contribution in [3.63, 3.8) is 0 Å². The van der Waals surface area contributed by atoms with Crippen molar-refractivity contribution in [3.05, 3.63) is 57.7 Å². The van der Waals surface area contributed by atoms with Crippen molar-refractivity contribution in [3.8, 4) is 0 Å². The van der Waals surface area contributed by atoms with Crippen LogP contribution in [0.5, 0.6) is 0 Å². The van der Waals surface area contributed by atoms with E-state index in [2.05, 4.69) is 18.0 Å². The van der Waals surface area contributed by atoms with Gasteiger partial charge in [0.2, 0.25) is 0 Å². The van der Waals surface area contributed by atoms with Gasteiger partial charge in [0.15, 0.2) is 0 Å². The molecular formula is C15H17ClN2S. The van der Waals surface area contributed by atoms with E-state index in [1.54, 1.807) is 11.8 Å². The average molecular weight is 293 g/mol. The summed E-state index contributed by atoms with van der Waals surface area (Å²) in [7, 11) is 0. The highest BCUT2D eigenvalue weighted by Gasteiger charge is 2.09. The fraction of sp³-hybridized carbons (Fsp3) is 0.267. The molecule has 2 aromatic rings. The van der Waals surface area contributed by atoms with Crippen LogP contribution in [0.25, 0.3) is 0 Å². The Morgan fingerprint density at radius 2 is 2.00 bits per heavy atom. The SMILES string of the molecule is Cc1cc(C)c(CN)c(SCc2ccccc2Cl)n1. The number of hydrogen-bond donors (Lipinski definition) is 1. The van der Waals surface area contributed by atoms with E-state index in [0.717, 1.165) is 32.6 Å². The number of benzene rings is 1. The Morgan fingerprint density at radius 1 is 1.26 bits per heavy atom. The van der Waals surface area contributed by atoms with Crippen molar-refractivity contribution in [1.82, 2.24) is 4.98 Å². The quantitative estimate of drug-likeness (QED) is 0.862. The summed E-state index contributed by atoms with van der Waals surface area (Å²) in [5.41, 5.74) is 10.3. The van der Waals surface area contributed by atoms with Crippen LogP contribution in [-0.4, -0.2) is 4.98 Å². The summed E-state index contributed by atoms with van der Waals surface area (Å²) >= 11 is 7.86. The lowest BCUT2D eigenvalue weighted by atomic mass is 10.1. The molecule has 4 heteroatoms. The molecule has 1 heterocycles. The topological polar surface area (TPSA) is 38.9 Å². The van der Waals surface area contributed by atoms with Gasteiger partial charge in [-0.25, -0.2) is 4.98 Å². The van der Waals surface area contributed by atoms with Gasteiger partial charge in [0.25, 0.3) is 0 Å². The molecule has 2 N–H and O–H groups in total. The minimum Gasteiger partial charge on any atom is -0.326 e. The standard InChI is InChI=1S/C15H17ClN2S/c1-10-7-11(2)18-15(13(10)8-17)19-9-12-5-3-4-6-14(12)16/h3-7H,8-9,17H2,1-2H3. The molecule has 0 aliphatic rings. The summed E-state index contributed by atoms with van der Waals surface area (Å²) in [6, 6.07) is 9.97. The minimum absolute atomic E-state index is 0.518. The van der Waals surface area contributed by atoms with Gasteiger partial charge in [-0.2, -0.15) is 0 Å². The molecule has 2 rings (SSSR count). The summed E-state index contributed by atoms with van der Waals surface area (Å²) < 4.78 is 0. The summed E-state index contributed by atoms with van der Waals surface area (Å²) in [5, 5.41) is 1.81. The Hall–Kier alpha value is -1.03. The zero-order valence-electron chi connectivity index (χ0n) is 11.1. The van der Waals surface area contributed by atoms with Crippen LogP contribution < -0.4 is 5.73 Å². The number of rotatable bonds is 4. The number of aryl methyl sites for hydroxylation is 2. The molecule has 100 valence electrons. The first-order valence-corrected chi connectivity index (χ1v) is 7.51. The second-order valence-electron chi connectivity index (χ2n) is 4.45. The molecule has 0 saturated carbocycles. The van der Waals surface area contributed by atoms with Crippen LogP contribution in [-0.2, 0) is 12.3 Å². The second kappa shape index (κ2) is 6.42. The van der Waals surface area contributed by atoms with E-state index in [-0.39, 0.29) is 0 Å². The molecule has 1 aromatic heterocycles. The van der Waals surface area contributed by atoms with Crippen LogP contribution in [0, 0.1) is 13.8 Å². The summed E-state index contributed by atoms with van der Waals surface area (Å²) in [5.74, 6) is 0.808. The Bertz CT molecular complexity index is 584. The molecule has 1 aromatic carbocycles. The summed E-state index contributed by atoms with van der Waals surface area (Å²) in [6.45, 7) is 4.60. The van der Waals surface area contributed by atoms with Gasteiger partial charge in [-0.1, -0.05) is 29.8 Å². The molecule has 2 nitrogen and oxygen atoms in total. The monoisotopic (exact) mass is 292 g/mol. The van der Waals surface area contributed by atoms with Crippen molar-refractivity contribution in [2.45, 2.75) is 31.2 Å². The molecular weight excluding hydrogens is 276 g/mol. The largest absolute Gasteiger partial charge is 0.326 e. The molecule has 0 fully saturated rings. The van der Waals surface area contributed by atoms with Crippen LogP contribution in [0.1, 0.15) is 22.4 Å². The lowest BCUT2D eigenvalue weighted by Gasteiger charge is -2.11. The smallest absolute Gasteiger partial charge is 0.101 e. The van der Waals surface area contributed by atoms with Crippen LogP contribution in [0.4, 0.5) is 0 Å². The number of hydrogen-bond acceptors (Lipinski definition) is 3. The van der Waals surface area contributed by atoms with Gasteiger partial charge in [0.1, 0.15) is 5.03 Å². The molecule has 0 bridgehead atoms. The summed E-state index contributed by atoms with van der Waals surface area (Å²) in [4.78, 5) is 4.59. The van der Waals surface area contributed by atoms with Crippen LogP contribution in [0.3, 0.4) is 0 Å². The first-order chi connectivity index (χ1) is 9.11. The lowest BCUT2D eigenvalue weighted by Crippen LogP contribution is -2.04. The van der Waals surface area contributed by atoms with E-state index in [4.69, 9.17) is 17.3 Å². The average Bonchev–Trinajstić information content (AvgIpc) is 2.37. The van der Waals surface area contributed by atoms with E-state index in [0.29, 0.717) is 6.54 Å². The Labute approximate surface area is 123 Å². The Kier molecular flexibility index (Phi) is 4.86. The molecule has 0 spiro atoms. The van der Waals surface area contributed by atoms with Crippen molar-refractivity contribution in [2.24, 2.45) is 5.73 Å². The third-order valence-corrected chi connectivity index (χ3v) is 4.40. The highest BCUT2D eigenvalue weighted by molar-refractivity contribution is 7.98. The van der Waals surface area contributed by atoms with Crippen LogP contribution >= 0.6 is 23.4 Å². The van der Waals surface area contributed by atoms with Gasteiger partial charge in [0.05, 0.1) is 0 Å². The first-order valence-electron chi connectivity index (χ1n) is 6.15. The maximum Gasteiger partial charge on any atom is 0.101 e. The highest BCUT2D eigenvalue weighted by Crippen LogP contribution is 2.29. The molecule has 0 unspecified atom stereocenters. The number of pyridine rings is 1. The molecule has 0 saturated heterocycles. The van der Waals surface area contributed by atoms with E-state index in [1.165, 1.54) is 5.56 Å². The number of thioether (sulfide) groups is 1. The van der Waals surface area contributed by atoms with Gasteiger partial charge in [-0.15, -0.1) is 11.8 Å². The number of aromatic nitrogens is 1. The maximum absolute atomic E-state index is 6.17. The van der Waals surface area contributed by atoms with Crippen molar-refractivity contribution < 1.29 is 0 Å². The Balaban J connectivity index is 2.22. The predicted octanol–water partition coefficient (Wildman–Crippen LogP) is 4.10. The third kappa shape index (κ3) is 3.50. The molecule has 19 heavy (non-hydrogen) atoms. The van der Waals surface area contributed by atoms with Crippen molar-refractivity contribution >= 4 is 23.4 Å². The fourth-order valence-corrected chi connectivity index (χ4v) is 3.41. The van der Waals surface area contributed by atoms with Gasteiger partial charge in [-0.3, -0.25) is 0 Å². The van der Waals surface area contributed by atoms with Crippen LogP contribution in [0.15, 0.2) is 35.4 Å². The Morgan fingerprint density at radius 3 is 2.68 bits per heavy atom. The first kappa shape index (κ1) is 14.4. The van der Waals surface area contributed by atoms with Crippen LogP contribution in [0.2, 0.25) is 5.02 Å². The number of nitrogens with zero attached hydrogens (tertiary/aromatic N) is 1. The minimum atomic E-state index is 0.518. The van der Waals surface area contributed by atoms with Crippen molar-refractivity contribution in [1.29, 1.82) is 0 Å². The maximum atomic E-state index is 6.17. The molecule has 0 aliphatic heterocycles. The van der Waals surface area contributed by atoms with E-state index in [1.807, 2.05) is 31.2 Å². The molecule has 0 amide bonds. The van der Waals surface area contributed by atoms with Gasteiger partial charge in [-0.05, 0) is 37.1 Å². The van der Waals surface area contributed by atoms with Gasteiger partial charge >= 0.3 is 0 Å².